The van der Waals surface area contributed by atoms with E-state index in [-0.39, 0.29) is 5.69 Å². The summed E-state index contributed by atoms with van der Waals surface area (Å²) in [5.41, 5.74) is 4.35. The van der Waals surface area contributed by atoms with E-state index >= 15 is 0 Å². The van der Waals surface area contributed by atoms with Crippen molar-refractivity contribution in [3.05, 3.63) is 56.5 Å². The topological polar surface area (TPSA) is 64.7 Å². The minimum atomic E-state index is -0.183. The first-order valence-electron chi connectivity index (χ1n) is 9.23. The quantitative estimate of drug-likeness (QED) is 0.754. The summed E-state index contributed by atoms with van der Waals surface area (Å²) in [5, 5.41) is 4.16. The number of methoxy groups -OCH3 is 1. The van der Waals surface area contributed by atoms with Crippen LogP contribution in [0, 0.1) is 6.92 Å². The number of rotatable bonds is 6. The zero-order valence-electron chi connectivity index (χ0n) is 17.1. The molecule has 0 aliphatic heterocycles. The Kier molecular flexibility index (Phi) is 6.10. The molecule has 1 aliphatic rings. The molecule has 2 aromatic heterocycles. The highest BCUT2D eigenvalue weighted by molar-refractivity contribution is 7.84. The number of nitrogens with zero attached hydrogens (tertiary/aromatic N) is 5. The molecule has 8 heteroatoms. The fourth-order valence-electron chi connectivity index (χ4n) is 3.46. The van der Waals surface area contributed by atoms with Crippen molar-refractivity contribution in [2.45, 2.75) is 33.2 Å². The minimum Gasteiger partial charge on any atom is -0.501 e. The fourth-order valence-corrected chi connectivity index (χ4v) is 3.86. The van der Waals surface area contributed by atoms with E-state index in [0.717, 1.165) is 40.3 Å². The van der Waals surface area contributed by atoms with Crippen molar-refractivity contribution >= 4 is 23.8 Å². The molecule has 7 nitrogen and oxygen atoms in total. The Bertz CT molecular complexity index is 1040. The van der Waals surface area contributed by atoms with E-state index < -0.39 is 0 Å². The normalized spacial score (nSPS) is 15.5. The molecular weight excluding hydrogens is 374 g/mol. The SMILES string of the molecule is COC1=CC=C(Cn2c(C)c(/C(C)=C(\S)CN(C)C)c3ncnn3c2=O)CC1. The van der Waals surface area contributed by atoms with Gasteiger partial charge in [0, 0.05) is 30.8 Å². The van der Waals surface area contributed by atoms with E-state index in [4.69, 9.17) is 17.4 Å². The highest BCUT2D eigenvalue weighted by Crippen LogP contribution is 2.27. The lowest BCUT2D eigenvalue weighted by Crippen LogP contribution is -2.31. The average Bonchev–Trinajstić information content (AvgIpc) is 3.14. The van der Waals surface area contributed by atoms with Gasteiger partial charge in [-0.15, -0.1) is 12.6 Å². The van der Waals surface area contributed by atoms with Crippen molar-refractivity contribution in [1.29, 1.82) is 0 Å². The van der Waals surface area contributed by atoms with Gasteiger partial charge in [-0.2, -0.15) is 9.61 Å². The number of likely N-dealkylation sites (N-methyl/N-ethyl adjacent to an activating group) is 1. The van der Waals surface area contributed by atoms with Gasteiger partial charge in [-0.25, -0.2) is 9.78 Å². The van der Waals surface area contributed by atoms with Crippen LogP contribution in [0.3, 0.4) is 0 Å². The molecule has 0 atom stereocenters. The maximum absolute atomic E-state index is 13.0. The monoisotopic (exact) mass is 401 g/mol. The number of fused-ring (bicyclic) bond motifs is 1. The van der Waals surface area contributed by atoms with Crippen LogP contribution in [0.4, 0.5) is 0 Å². The third-order valence-corrected chi connectivity index (χ3v) is 5.52. The van der Waals surface area contributed by atoms with Crippen LogP contribution in [0.1, 0.15) is 31.0 Å². The summed E-state index contributed by atoms with van der Waals surface area (Å²) in [6, 6.07) is 0. The lowest BCUT2D eigenvalue weighted by Gasteiger charge is -2.20. The van der Waals surface area contributed by atoms with Gasteiger partial charge in [-0.3, -0.25) is 4.57 Å². The first-order chi connectivity index (χ1) is 13.3. The molecule has 0 saturated carbocycles. The number of aromatic nitrogens is 4. The fraction of sp³-hybridized carbons (Fsp3) is 0.450. The molecule has 0 bridgehead atoms. The van der Waals surface area contributed by atoms with Crippen molar-refractivity contribution in [2.75, 3.05) is 27.7 Å². The largest absolute Gasteiger partial charge is 0.501 e. The second kappa shape index (κ2) is 8.36. The van der Waals surface area contributed by atoms with Crippen molar-refractivity contribution in [3.63, 3.8) is 0 Å². The van der Waals surface area contributed by atoms with E-state index in [1.807, 2.05) is 40.1 Å². The van der Waals surface area contributed by atoms with Gasteiger partial charge in [-0.05, 0) is 56.5 Å². The number of allylic oxidation sites excluding steroid dienone is 5. The molecule has 0 N–H and O–H groups in total. The minimum absolute atomic E-state index is 0.183. The molecule has 2 heterocycles. The first kappa shape index (κ1) is 20.4. The molecule has 0 saturated heterocycles. The molecule has 150 valence electrons. The highest BCUT2D eigenvalue weighted by Gasteiger charge is 2.19. The summed E-state index contributed by atoms with van der Waals surface area (Å²) < 4.78 is 8.45. The molecule has 0 unspecified atom stereocenters. The molecule has 28 heavy (non-hydrogen) atoms. The number of thiol groups is 1. The van der Waals surface area contributed by atoms with Crippen LogP contribution >= 0.6 is 12.6 Å². The van der Waals surface area contributed by atoms with E-state index in [0.29, 0.717) is 18.7 Å². The number of ether oxygens (including phenoxy) is 1. The standard InChI is InChI=1S/C20H27N5O2S/c1-13(17(28)11-23(3)4)18-14(2)24(20(26)25-19(18)21-12-22-25)10-15-6-8-16(27-5)9-7-15/h6,8,12,28H,7,9-11H2,1-5H3/b17-13-. The number of hydrogen-bond acceptors (Lipinski definition) is 6. The van der Waals surface area contributed by atoms with Crippen molar-refractivity contribution in [3.8, 4) is 0 Å². The third-order valence-electron chi connectivity index (χ3n) is 5.04. The van der Waals surface area contributed by atoms with Gasteiger partial charge in [0.1, 0.15) is 6.33 Å². The summed E-state index contributed by atoms with van der Waals surface area (Å²) in [6.07, 6.45) is 7.15. The molecule has 1 aliphatic carbocycles. The Labute approximate surface area is 170 Å². The zero-order chi connectivity index (χ0) is 20.4. The van der Waals surface area contributed by atoms with E-state index in [1.165, 1.54) is 16.4 Å². The summed E-state index contributed by atoms with van der Waals surface area (Å²) in [6.45, 7) is 5.21. The van der Waals surface area contributed by atoms with E-state index in [1.54, 1.807) is 11.7 Å². The summed E-state index contributed by atoms with van der Waals surface area (Å²) in [5.74, 6) is 0.961. The second-order valence-electron chi connectivity index (χ2n) is 7.30. The first-order valence-corrected chi connectivity index (χ1v) is 9.67. The molecule has 0 spiro atoms. The van der Waals surface area contributed by atoms with Crippen LogP contribution in [0.25, 0.3) is 11.2 Å². The van der Waals surface area contributed by atoms with Gasteiger partial charge in [0.15, 0.2) is 5.65 Å². The van der Waals surface area contributed by atoms with Crippen LogP contribution in [0.2, 0.25) is 0 Å². The molecule has 0 radical (unpaired) electrons. The van der Waals surface area contributed by atoms with Gasteiger partial charge < -0.3 is 9.64 Å². The lowest BCUT2D eigenvalue weighted by molar-refractivity contribution is 0.275. The van der Waals surface area contributed by atoms with E-state index in [9.17, 15) is 4.79 Å². The Morgan fingerprint density at radius 3 is 2.68 bits per heavy atom. The Balaban J connectivity index is 2.14. The van der Waals surface area contributed by atoms with Gasteiger partial charge in [-0.1, -0.05) is 6.08 Å². The van der Waals surface area contributed by atoms with Crippen molar-refractivity contribution in [1.82, 2.24) is 24.1 Å². The Morgan fingerprint density at radius 2 is 2.07 bits per heavy atom. The lowest BCUT2D eigenvalue weighted by atomic mass is 10.0. The smallest absolute Gasteiger partial charge is 0.351 e. The van der Waals surface area contributed by atoms with Crippen LogP contribution in [0.15, 0.2) is 39.5 Å². The molecule has 2 aromatic rings. The van der Waals surface area contributed by atoms with E-state index in [2.05, 4.69) is 15.0 Å². The predicted molar refractivity (Wildman–Crippen MR) is 115 cm³/mol. The Morgan fingerprint density at radius 1 is 1.32 bits per heavy atom. The van der Waals surface area contributed by atoms with Crippen molar-refractivity contribution < 1.29 is 4.74 Å². The average molecular weight is 402 g/mol. The molecule has 0 amide bonds. The van der Waals surface area contributed by atoms with Gasteiger partial charge in [0.2, 0.25) is 0 Å². The second-order valence-corrected chi connectivity index (χ2v) is 7.84. The molecular formula is C20H27N5O2S. The summed E-state index contributed by atoms with van der Waals surface area (Å²) in [7, 11) is 5.69. The van der Waals surface area contributed by atoms with Crippen molar-refractivity contribution in [2.24, 2.45) is 0 Å². The van der Waals surface area contributed by atoms with Gasteiger partial charge >= 0.3 is 5.69 Å². The Hall–Kier alpha value is -2.32. The third kappa shape index (κ3) is 3.93. The van der Waals surface area contributed by atoms with Crippen LogP contribution < -0.4 is 5.69 Å². The maximum Gasteiger partial charge on any atom is 0.351 e. The van der Waals surface area contributed by atoms with Crippen LogP contribution in [-0.2, 0) is 11.3 Å². The molecule has 0 aromatic carbocycles. The number of hydrogen-bond donors (Lipinski definition) is 1. The van der Waals surface area contributed by atoms with Gasteiger partial charge in [0.25, 0.3) is 0 Å². The van der Waals surface area contributed by atoms with Crippen LogP contribution in [0.5, 0.6) is 0 Å². The summed E-state index contributed by atoms with van der Waals surface area (Å²) >= 11 is 4.70. The zero-order valence-corrected chi connectivity index (χ0v) is 18.0. The molecule has 3 rings (SSSR count). The van der Waals surface area contributed by atoms with Gasteiger partial charge in [0.05, 0.1) is 12.9 Å². The highest BCUT2D eigenvalue weighted by atomic mass is 32.1. The maximum atomic E-state index is 13.0. The molecule has 0 fully saturated rings. The predicted octanol–water partition coefficient (Wildman–Crippen LogP) is 2.67. The summed E-state index contributed by atoms with van der Waals surface area (Å²) in [4.78, 5) is 20.4. The van der Waals surface area contributed by atoms with Crippen LogP contribution in [-0.4, -0.2) is 51.8 Å².